The molecule has 2 aromatic rings. The van der Waals surface area contributed by atoms with E-state index in [4.69, 9.17) is 10.5 Å². The van der Waals surface area contributed by atoms with Crippen LogP contribution in [0, 0.1) is 17.1 Å². The SMILES string of the molecule is CC(=O)c1ccc2c(c1O)C(c1ccc(F)cc1)C(C#N)=C(N)O2. The highest BCUT2D eigenvalue weighted by Crippen LogP contribution is 2.47. The van der Waals surface area contributed by atoms with Gasteiger partial charge in [0.1, 0.15) is 29.0 Å². The maximum absolute atomic E-state index is 13.2. The van der Waals surface area contributed by atoms with Gasteiger partial charge in [-0.2, -0.15) is 5.26 Å². The number of phenols is 1. The van der Waals surface area contributed by atoms with Gasteiger partial charge in [-0.25, -0.2) is 4.39 Å². The summed E-state index contributed by atoms with van der Waals surface area (Å²) in [5, 5.41) is 20.0. The number of halogens is 1. The number of nitrogens with two attached hydrogens (primary N) is 1. The number of Topliss-reactive ketones (excluding diaryl/α,β-unsaturated/α-hetero) is 1. The van der Waals surface area contributed by atoms with Gasteiger partial charge in [0.25, 0.3) is 0 Å². The zero-order valence-corrected chi connectivity index (χ0v) is 12.7. The number of hydrogen-bond donors (Lipinski definition) is 2. The maximum atomic E-state index is 13.2. The summed E-state index contributed by atoms with van der Waals surface area (Å²) in [6.45, 7) is 1.33. The molecule has 0 saturated carbocycles. The molecule has 0 radical (unpaired) electrons. The number of carbonyl (C=O) groups is 1. The lowest BCUT2D eigenvalue weighted by molar-refractivity contribution is 0.101. The van der Waals surface area contributed by atoms with E-state index in [1.807, 2.05) is 6.07 Å². The quantitative estimate of drug-likeness (QED) is 0.828. The number of nitriles is 1. The van der Waals surface area contributed by atoms with Crippen molar-refractivity contribution in [2.75, 3.05) is 0 Å². The first kappa shape index (κ1) is 15.6. The number of ether oxygens (including phenoxy) is 1. The predicted octanol–water partition coefficient (Wildman–Crippen LogP) is 2.95. The van der Waals surface area contributed by atoms with Gasteiger partial charge in [0.15, 0.2) is 5.78 Å². The molecule has 1 heterocycles. The smallest absolute Gasteiger partial charge is 0.205 e. The van der Waals surface area contributed by atoms with Crippen LogP contribution in [0.15, 0.2) is 47.9 Å². The Morgan fingerprint density at radius 2 is 1.96 bits per heavy atom. The second-order valence-corrected chi connectivity index (χ2v) is 5.41. The molecule has 0 bridgehead atoms. The summed E-state index contributed by atoms with van der Waals surface area (Å²) >= 11 is 0. The Balaban J connectivity index is 2.30. The topological polar surface area (TPSA) is 96.3 Å². The number of ketones is 1. The third kappa shape index (κ3) is 2.36. The summed E-state index contributed by atoms with van der Waals surface area (Å²) in [4.78, 5) is 11.7. The molecule has 3 rings (SSSR count). The van der Waals surface area contributed by atoms with Crippen molar-refractivity contribution in [1.29, 1.82) is 5.26 Å². The lowest BCUT2D eigenvalue weighted by Crippen LogP contribution is -2.21. The Bertz CT molecular complexity index is 911. The molecule has 2 aromatic carbocycles. The molecule has 5 nitrogen and oxygen atoms in total. The zero-order chi connectivity index (χ0) is 17.4. The van der Waals surface area contributed by atoms with Crippen molar-refractivity contribution >= 4 is 5.78 Å². The van der Waals surface area contributed by atoms with Crippen LogP contribution in [0.1, 0.15) is 34.3 Å². The molecule has 1 aliphatic heterocycles. The number of aromatic hydroxyl groups is 1. The van der Waals surface area contributed by atoms with Crippen molar-refractivity contribution in [2.45, 2.75) is 12.8 Å². The summed E-state index contributed by atoms with van der Waals surface area (Å²) in [5.41, 5.74) is 6.84. The third-order valence-electron chi connectivity index (χ3n) is 3.94. The van der Waals surface area contributed by atoms with E-state index in [-0.39, 0.29) is 39.9 Å². The Labute approximate surface area is 137 Å². The van der Waals surface area contributed by atoms with E-state index in [9.17, 15) is 19.6 Å². The van der Waals surface area contributed by atoms with E-state index in [0.29, 0.717) is 5.56 Å². The highest BCUT2D eigenvalue weighted by Gasteiger charge is 2.34. The number of phenolic OH excluding ortho intramolecular Hbond substituents is 1. The molecule has 0 amide bonds. The maximum Gasteiger partial charge on any atom is 0.205 e. The van der Waals surface area contributed by atoms with Crippen molar-refractivity contribution in [1.82, 2.24) is 0 Å². The van der Waals surface area contributed by atoms with Crippen LogP contribution in [-0.4, -0.2) is 10.9 Å². The largest absolute Gasteiger partial charge is 0.507 e. The summed E-state index contributed by atoms with van der Waals surface area (Å²) in [7, 11) is 0. The third-order valence-corrected chi connectivity index (χ3v) is 3.94. The average molecular weight is 324 g/mol. The standard InChI is InChI=1S/C18H13FN2O3/c1-9(22)12-6-7-14-16(17(12)23)15(13(8-20)18(21)24-14)10-2-4-11(19)5-3-10/h2-7,15,23H,21H2,1H3. The zero-order valence-electron chi connectivity index (χ0n) is 12.7. The average Bonchev–Trinajstić information content (AvgIpc) is 2.54. The van der Waals surface area contributed by atoms with Crippen molar-refractivity contribution in [2.24, 2.45) is 5.73 Å². The molecule has 6 heteroatoms. The molecule has 120 valence electrons. The molecular formula is C18H13FN2O3. The van der Waals surface area contributed by atoms with Gasteiger partial charge in [0, 0.05) is 0 Å². The summed E-state index contributed by atoms with van der Waals surface area (Å²) < 4.78 is 18.7. The van der Waals surface area contributed by atoms with E-state index in [1.54, 1.807) is 0 Å². The van der Waals surface area contributed by atoms with Gasteiger partial charge in [-0.05, 0) is 36.8 Å². The van der Waals surface area contributed by atoms with Crippen LogP contribution >= 0.6 is 0 Å². The molecule has 1 aliphatic rings. The second-order valence-electron chi connectivity index (χ2n) is 5.41. The summed E-state index contributed by atoms with van der Waals surface area (Å²) in [5.74, 6) is -1.61. The molecule has 0 spiro atoms. The first-order valence-electron chi connectivity index (χ1n) is 7.14. The molecule has 0 aliphatic carbocycles. The minimum Gasteiger partial charge on any atom is -0.507 e. The molecule has 1 atom stereocenters. The van der Waals surface area contributed by atoms with Crippen LogP contribution in [0.4, 0.5) is 4.39 Å². The number of nitrogens with zero attached hydrogens (tertiary/aromatic N) is 1. The number of fused-ring (bicyclic) bond motifs is 1. The number of allylic oxidation sites excluding steroid dienone is 1. The van der Waals surface area contributed by atoms with E-state index in [1.165, 1.54) is 43.3 Å². The Morgan fingerprint density at radius 3 is 2.54 bits per heavy atom. The first-order chi connectivity index (χ1) is 11.4. The minimum absolute atomic E-state index is 0.0881. The van der Waals surface area contributed by atoms with Crippen molar-refractivity contribution in [3.05, 3.63) is 70.4 Å². The Morgan fingerprint density at radius 1 is 1.29 bits per heavy atom. The Kier molecular flexibility index (Phi) is 3.70. The summed E-state index contributed by atoms with van der Waals surface area (Å²) in [6.07, 6.45) is 0. The van der Waals surface area contributed by atoms with Gasteiger partial charge in [0.2, 0.25) is 5.88 Å². The number of benzene rings is 2. The molecule has 0 fully saturated rings. The van der Waals surface area contributed by atoms with Crippen molar-refractivity contribution in [3.8, 4) is 17.6 Å². The lowest BCUT2D eigenvalue weighted by Gasteiger charge is -2.27. The Hall–Kier alpha value is -3.33. The van der Waals surface area contributed by atoms with Crippen LogP contribution in [0.3, 0.4) is 0 Å². The second kappa shape index (κ2) is 5.70. The summed E-state index contributed by atoms with van der Waals surface area (Å²) in [6, 6.07) is 10.4. The van der Waals surface area contributed by atoms with Crippen molar-refractivity contribution in [3.63, 3.8) is 0 Å². The normalized spacial score (nSPS) is 16.1. The van der Waals surface area contributed by atoms with Gasteiger partial charge < -0.3 is 15.6 Å². The molecular weight excluding hydrogens is 311 g/mol. The van der Waals surface area contributed by atoms with Gasteiger partial charge in [-0.3, -0.25) is 4.79 Å². The molecule has 0 aromatic heterocycles. The number of hydrogen-bond acceptors (Lipinski definition) is 5. The van der Waals surface area contributed by atoms with Crippen LogP contribution < -0.4 is 10.5 Å². The number of rotatable bonds is 2. The minimum atomic E-state index is -0.751. The first-order valence-corrected chi connectivity index (χ1v) is 7.14. The van der Waals surface area contributed by atoms with Crippen molar-refractivity contribution < 1.29 is 19.0 Å². The fourth-order valence-electron chi connectivity index (χ4n) is 2.81. The van der Waals surface area contributed by atoms with Gasteiger partial charge >= 0.3 is 0 Å². The van der Waals surface area contributed by atoms with E-state index in [0.717, 1.165) is 0 Å². The monoisotopic (exact) mass is 324 g/mol. The van der Waals surface area contributed by atoms with Gasteiger partial charge in [-0.1, -0.05) is 12.1 Å². The highest BCUT2D eigenvalue weighted by molar-refractivity contribution is 5.97. The van der Waals surface area contributed by atoms with Crippen LogP contribution in [-0.2, 0) is 0 Å². The lowest BCUT2D eigenvalue weighted by atomic mass is 9.82. The molecule has 0 saturated heterocycles. The van der Waals surface area contributed by atoms with E-state index >= 15 is 0 Å². The molecule has 3 N–H and O–H groups in total. The molecule has 24 heavy (non-hydrogen) atoms. The van der Waals surface area contributed by atoms with Gasteiger partial charge in [-0.15, -0.1) is 0 Å². The fourth-order valence-corrected chi connectivity index (χ4v) is 2.81. The molecule has 1 unspecified atom stereocenters. The fraction of sp³-hybridized carbons (Fsp3) is 0.111. The van der Waals surface area contributed by atoms with Crippen LogP contribution in [0.25, 0.3) is 0 Å². The van der Waals surface area contributed by atoms with Gasteiger partial charge in [0.05, 0.1) is 17.0 Å². The van der Waals surface area contributed by atoms with E-state index in [2.05, 4.69) is 0 Å². The van der Waals surface area contributed by atoms with Crippen LogP contribution in [0.2, 0.25) is 0 Å². The van der Waals surface area contributed by atoms with Crippen LogP contribution in [0.5, 0.6) is 11.5 Å². The van der Waals surface area contributed by atoms with E-state index < -0.39 is 11.7 Å². The number of carbonyl (C=O) groups excluding carboxylic acids is 1. The highest BCUT2D eigenvalue weighted by atomic mass is 19.1. The predicted molar refractivity (Wildman–Crippen MR) is 83.8 cm³/mol.